The summed E-state index contributed by atoms with van der Waals surface area (Å²) >= 11 is 0. The van der Waals surface area contributed by atoms with Crippen LogP contribution in [0.15, 0.2) is 35.4 Å². The van der Waals surface area contributed by atoms with Gasteiger partial charge in [0, 0.05) is 31.5 Å². The van der Waals surface area contributed by atoms with Gasteiger partial charge in [0.1, 0.15) is 0 Å². The van der Waals surface area contributed by atoms with E-state index in [1.165, 1.54) is 11.1 Å². The Balaban J connectivity index is 1.79. The van der Waals surface area contributed by atoms with Crippen LogP contribution in [0.25, 0.3) is 0 Å². The lowest BCUT2D eigenvalue weighted by molar-refractivity contribution is -0.140. The molecule has 1 saturated heterocycles. The van der Waals surface area contributed by atoms with Crippen molar-refractivity contribution < 1.29 is 26.4 Å². The van der Waals surface area contributed by atoms with Crippen LogP contribution in [0.5, 0.6) is 0 Å². The summed E-state index contributed by atoms with van der Waals surface area (Å²) in [6.07, 6.45) is -3.52. The number of benzene rings is 1. The van der Waals surface area contributed by atoms with Crippen LogP contribution >= 0.6 is 0 Å². The van der Waals surface area contributed by atoms with Gasteiger partial charge >= 0.3 is 6.18 Å². The standard InChI is InChI=1S/C20H17F3N4O3S/c1-12-7-15-14(10-25-12)18(28)27-6-5-26(11-19(15,27)2)31(29,30)17-4-3-13(9-24)8-16(17)20(21,22)23/h3-4,7-8,10H,5-6,11H2,1-2H3. The smallest absolute Gasteiger partial charge is 0.326 e. The summed E-state index contributed by atoms with van der Waals surface area (Å²) in [5.74, 6) is -0.281. The Morgan fingerprint density at radius 3 is 2.58 bits per heavy atom. The number of hydrogen-bond donors (Lipinski definition) is 0. The number of halogens is 3. The minimum atomic E-state index is -4.96. The van der Waals surface area contributed by atoms with E-state index in [1.54, 1.807) is 26.0 Å². The zero-order valence-electron chi connectivity index (χ0n) is 16.6. The number of carbonyl (C=O) groups excluding carboxylic acids is 1. The minimum absolute atomic E-state index is 0.0277. The van der Waals surface area contributed by atoms with Crippen molar-refractivity contribution in [3.05, 3.63) is 58.4 Å². The molecule has 0 bridgehead atoms. The molecule has 1 amide bonds. The second-order valence-corrected chi connectivity index (χ2v) is 9.67. The SMILES string of the molecule is Cc1cc2c(cn1)C(=O)N1CCN(S(=O)(=O)c3ccc(C#N)cc3C(F)(F)F)CC21C. The quantitative estimate of drug-likeness (QED) is 0.701. The predicted octanol–water partition coefficient (Wildman–Crippen LogP) is 2.66. The molecular formula is C20H17F3N4O3S. The Hall–Kier alpha value is -2.97. The summed E-state index contributed by atoms with van der Waals surface area (Å²) in [6, 6.07) is 5.69. The molecule has 1 aromatic carbocycles. The number of amides is 1. The van der Waals surface area contributed by atoms with Crippen molar-refractivity contribution >= 4 is 15.9 Å². The van der Waals surface area contributed by atoms with Gasteiger partial charge in [-0.05, 0) is 43.7 Å². The summed E-state index contributed by atoms with van der Waals surface area (Å²) in [4.78, 5) is 17.5. The average molecular weight is 450 g/mol. The zero-order valence-corrected chi connectivity index (χ0v) is 17.4. The lowest BCUT2D eigenvalue weighted by atomic mass is 9.90. The molecule has 11 heteroatoms. The summed E-state index contributed by atoms with van der Waals surface area (Å²) in [5, 5.41) is 8.93. The summed E-state index contributed by atoms with van der Waals surface area (Å²) in [7, 11) is -4.56. The van der Waals surface area contributed by atoms with Crippen LogP contribution in [0.3, 0.4) is 0 Å². The molecule has 1 aromatic heterocycles. The van der Waals surface area contributed by atoms with Gasteiger partial charge in [-0.2, -0.15) is 22.7 Å². The second-order valence-electron chi connectivity index (χ2n) is 7.76. The Bertz CT molecular complexity index is 1250. The van der Waals surface area contributed by atoms with Crippen LogP contribution < -0.4 is 0 Å². The highest BCUT2D eigenvalue weighted by Gasteiger charge is 2.52. The highest BCUT2D eigenvalue weighted by molar-refractivity contribution is 7.89. The molecule has 0 radical (unpaired) electrons. The van der Waals surface area contributed by atoms with Gasteiger partial charge in [-0.3, -0.25) is 9.78 Å². The molecule has 0 aliphatic carbocycles. The maximum absolute atomic E-state index is 13.6. The highest BCUT2D eigenvalue weighted by Crippen LogP contribution is 2.43. The molecule has 0 saturated carbocycles. The molecule has 3 heterocycles. The van der Waals surface area contributed by atoms with Crippen molar-refractivity contribution in [2.24, 2.45) is 0 Å². The lowest BCUT2D eigenvalue weighted by Gasteiger charge is -2.44. The number of hydrogen-bond acceptors (Lipinski definition) is 5. The van der Waals surface area contributed by atoms with Crippen LogP contribution in [0.1, 0.15) is 39.7 Å². The first-order valence-electron chi connectivity index (χ1n) is 9.30. The van der Waals surface area contributed by atoms with E-state index in [4.69, 9.17) is 5.26 Å². The van der Waals surface area contributed by atoms with Crippen LogP contribution in [0, 0.1) is 18.3 Å². The van der Waals surface area contributed by atoms with Crippen LogP contribution in [-0.2, 0) is 21.7 Å². The first-order chi connectivity index (χ1) is 14.4. The molecule has 0 spiro atoms. The molecule has 31 heavy (non-hydrogen) atoms. The Morgan fingerprint density at radius 2 is 1.94 bits per heavy atom. The van der Waals surface area contributed by atoms with Crippen LogP contribution in [-0.4, -0.2) is 48.1 Å². The monoisotopic (exact) mass is 450 g/mol. The minimum Gasteiger partial charge on any atom is -0.326 e. The summed E-state index contributed by atoms with van der Waals surface area (Å²) in [6.45, 7) is 3.11. The third kappa shape index (κ3) is 3.18. The molecule has 162 valence electrons. The van der Waals surface area contributed by atoms with E-state index in [1.807, 2.05) is 0 Å². The number of nitrogens with zero attached hydrogens (tertiary/aromatic N) is 4. The zero-order chi connectivity index (χ0) is 22.8. The Kier molecular flexibility index (Phi) is 4.64. The topological polar surface area (TPSA) is 94.4 Å². The predicted molar refractivity (Wildman–Crippen MR) is 102 cm³/mol. The fourth-order valence-electron chi connectivity index (χ4n) is 4.23. The Morgan fingerprint density at radius 1 is 1.23 bits per heavy atom. The number of nitriles is 1. The third-order valence-corrected chi connectivity index (χ3v) is 7.68. The molecule has 0 N–H and O–H groups in total. The molecule has 2 aliphatic rings. The molecule has 1 atom stereocenters. The molecule has 1 fully saturated rings. The van der Waals surface area contributed by atoms with Gasteiger partial charge in [0.15, 0.2) is 0 Å². The van der Waals surface area contributed by atoms with Gasteiger partial charge in [-0.1, -0.05) is 0 Å². The van der Waals surface area contributed by atoms with Crippen molar-refractivity contribution in [2.45, 2.75) is 30.5 Å². The molecule has 2 aliphatic heterocycles. The van der Waals surface area contributed by atoms with E-state index in [0.717, 1.165) is 16.4 Å². The number of piperazine rings is 1. The summed E-state index contributed by atoms with van der Waals surface area (Å²) in [5.41, 5.74) is -1.11. The van der Waals surface area contributed by atoms with E-state index in [-0.39, 0.29) is 31.1 Å². The van der Waals surface area contributed by atoms with E-state index < -0.39 is 32.2 Å². The van der Waals surface area contributed by atoms with Crippen molar-refractivity contribution in [1.82, 2.24) is 14.2 Å². The van der Waals surface area contributed by atoms with Crippen molar-refractivity contribution in [3.8, 4) is 6.07 Å². The number of fused-ring (bicyclic) bond motifs is 3. The van der Waals surface area contributed by atoms with Crippen LogP contribution in [0.2, 0.25) is 0 Å². The first kappa shape index (κ1) is 21.3. The van der Waals surface area contributed by atoms with E-state index in [9.17, 15) is 26.4 Å². The van der Waals surface area contributed by atoms with Crippen molar-refractivity contribution in [1.29, 1.82) is 5.26 Å². The average Bonchev–Trinajstić information content (AvgIpc) is 2.93. The second kappa shape index (κ2) is 6.77. The number of aryl methyl sites for hydroxylation is 1. The normalized spacial score (nSPS) is 21.5. The maximum Gasteiger partial charge on any atom is 0.417 e. The molecule has 2 aromatic rings. The molecule has 4 rings (SSSR count). The van der Waals surface area contributed by atoms with Gasteiger partial charge in [-0.25, -0.2) is 8.42 Å². The number of pyridine rings is 1. The van der Waals surface area contributed by atoms with E-state index >= 15 is 0 Å². The van der Waals surface area contributed by atoms with Crippen LogP contribution in [0.4, 0.5) is 13.2 Å². The van der Waals surface area contributed by atoms with E-state index in [2.05, 4.69) is 4.98 Å². The maximum atomic E-state index is 13.6. The highest BCUT2D eigenvalue weighted by atomic mass is 32.2. The number of carbonyl (C=O) groups is 1. The molecular weight excluding hydrogens is 433 g/mol. The first-order valence-corrected chi connectivity index (χ1v) is 10.7. The van der Waals surface area contributed by atoms with Crippen molar-refractivity contribution in [2.75, 3.05) is 19.6 Å². The Labute approximate surface area is 176 Å². The van der Waals surface area contributed by atoms with Gasteiger partial charge in [-0.15, -0.1) is 0 Å². The fourth-order valence-corrected chi connectivity index (χ4v) is 5.95. The number of sulfonamides is 1. The fraction of sp³-hybridized carbons (Fsp3) is 0.350. The third-order valence-electron chi connectivity index (χ3n) is 5.78. The van der Waals surface area contributed by atoms with Gasteiger partial charge < -0.3 is 4.90 Å². The lowest BCUT2D eigenvalue weighted by Crippen LogP contribution is -2.58. The molecule has 1 unspecified atom stereocenters. The van der Waals surface area contributed by atoms with E-state index in [0.29, 0.717) is 22.9 Å². The largest absolute Gasteiger partial charge is 0.417 e. The van der Waals surface area contributed by atoms with Gasteiger partial charge in [0.05, 0.1) is 33.2 Å². The number of alkyl halides is 3. The van der Waals surface area contributed by atoms with Gasteiger partial charge in [0.25, 0.3) is 5.91 Å². The summed E-state index contributed by atoms with van der Waals surface area (Å²) < 4.78 is 68.3. The molecule has 7 nitrogen and oxygen atoms in total. The van der Waals surface area contributed by atoms with Gasteiger partial charge in [0.2, 0.25) is 10.0 Å². The number of rotatable bonds is 2. The number of aromatic nitrogens is 1. The van der Waals surface area contributed by atoms with Crippen molar-refractivity contribution in [3.63, 3.8) is 0 Å².